The molecule has 2 aliphatic heterocycles. The van der Waals surface area contributed by atoms with E-state index in [1.165, 1.54) is 0 Å². The van der Waals surface area contributed by atoms with Gasteiger partial charge in [0, 0.05) is 42.7 Å². The van der Waals surface area contributed by atoms with Gasteiger partial charge in [0.15, 0.2) is 0 Å². The highest BCUT2D eigenvalue weighted by atomic mass is 16.2. The summed E-state index contributed by atoms with van der Waals surface area (Å²) in [5, 5.41) is 7.16. The van der Waals surface area contributed by atoms with Gasteiger partial charge in [-0.1, -0.05) is 0 Å². The molecule has 0 aromatic carbocycles. The quantitative estimate of drug-likeness (QED) is 0.842. The van der Waals surface area contributed by atoms with Gasteiger partial charge in [-0.05, 0) is 43.9 Å². The summed E-state index contributed by atoms with van der Waals surface area (Å²) in [6.07, 6.45) is 13.3. The maximum Gasteiger partial charge on any atom is 0.307 e. The number of amides is 2. The number of hydrogen-bond donors (Lipinski definition) is 1. The number of likely N-dealkylation sites (tertiary alicyclic amines) is 1. The fourth-order valence-electron chi connectivity index (χ4n) is 3.76. The summed E-state index contributed by atoms with van der Waals surface area (Å²) >= 11 is 0. The molecule has 4 heterocycles. The van der Waals surface area contributed by atoms with Gasteiger partial charge in [0.25, 0.3) is 5.82 Å². The highest BCUT2D eigenvalue weighted by Crippen LogP contribution is 2.22. The van der Waals surface area contributed by atoms with Crippen LogP contribution in [0.3, 0.4) is 0 Å². The van der Waals surface area contributed by atoms with Crippen molar-refractivity contribution in [1.82, 2.24) is 14.7 Å². The first-order valence-electron chi connectivity index (χ1n) is 9.49. The van der Waals surface area contributed by atoms with E-state index in [0.29, 0.717) is 18.9 Å². The number of H-pyrrole nitrogens is 1. The Morgan fingerprint density at radius 1 is 1.30 bits per heavy atom. The van der Waals surface area contributed by atoms with E-state index in [4.69, 9.17) is 0 Å². The summed E-state index contributed by atoms with van der Waals surface area (Å²) in [6, 6.07) is 4.33. The van der Waals surface area contributed by atoms with Crippen LogP contribution >= 0.6 is 0 Å². The molecule has 140 valence electrons. The predicted molar refractivity (Wildman–Crippen MR) is 101 cm³/mol. The third-order valence-corrected chi connectivity index (χ3v) is 5.26. The monoisotopic (exact) mass is 366 g/mol. The summed E-state index contributed by atoms with van der Waals surface area (Å²) in [4.78, 5) is 29.0. The van der Waals surface area contributed by atoms with Gasteiger partial charge in [0.1, 0.15) is 0 Å². The second kappa shape index (κ2) is 7.73. The Morgan fingerprint density at radius 3 is 3.07 bits per heavy atom. The van der Waals surface area contributed by atoms with Crippen molar-refractivity contribution < 1.29 is 14.6 Å². The normalized spacial score (nSPS) is 20.2. The van der Waals surface area contributed by atoms with Crippen LogP contribution in [0.2, 0.25) is 0 Å². The predicted octanol–water partition coefficient (Wildman–Crippen LogP) is 1.85. The number of fused-ring (bicyclic) bond motifs is 1. The van der Waals surface area contributed by atoms with Crippen LogP contribution in [0.15, 0.2) is 36.8 Å². The zero-order chi connectivity index (χ0) is 18.6. The van der Waals surface area contributed by atoms with Crippen LogP contribution < -0.4 is 10.3 Å². The summed E-state index contributed by atoms with van der Waals surface area (Å²) < 4.78 is 2.01. The molecule has 1 atom stereocenters. The number of nitrogens with one attached hydrogen (secondary N) is 2. The summed E-state index contributed by atoms with van der Waals surface area (Å²) in [5.74, 6) is 0.834. The number of aromatic amines is 1. The van der Waals surface area contributed by atoms with Crippen molar-refractivity contribution in [3.63, 3.8) is 0 Å². The first-order chi connectivity index (χ1) is 13.2. The molecule has 7 heteroatoms. The molecule has 2 aliphatic rings. The topological polar surface area (TPSA) is 81.4 Å². The lowest BCUT2D eigenvalue weighted by Crippen LogP contribution is -2.30. The SMILES string of the molecule is O=C1CCc2cc(/C=C/C(=O)N3CCCC(n4cccn4)CC3)c[nH+]c2N1. The molecule has 2 amide bonds. The highest BCUT2D eigenvalue weighted by molar-refractivity contribution is 5.93. The molecule has 2 aromatic heterocycles. The number of aryl methyl sites for hydroxylation is 1. The second-order valence-corrected chi connectivity index (χ2v) is 7.11. The Balaban J connectivity index is 1.38. The summed E-state index contributed by atoms with van der Waals surface area (Å²) in [5.41, 5.74) is 2.00. The average Bonchev–Trinajstić information content (AvgIpc) is 3.10. The van der Waals surface area contributed by atoms with E-state index in [0.717, 1.165) is 49.3 Å². The molecule has 4 rings (SSSR count). The van der Waals surface area contributed by atoms with Gasteiger partial charge in [-0.2, -0.15) is 5.10 Å². The largest absolute Gasteiger partial charge is 0.339 e. The number of pyridine rings is 1. The molecular weight excluding hydrogens is 342 g/mol. The summed E-state index contributed by atoms with van der Waals surface area (Å²) in [6.45, 7) is 1.53. The van der Waals surface area contributed by atoms with Crippen LogP contribution in [0.4, 0.5) is 5.82 Å². The Bertz CT molecular complexity index is 859. The van der Waals surface area contributed by atoms with E-state index in [9.17, 15) is 9.59 Å². The number of aromatic nitrogens is 3. The third kappa shape index (κ3) is 4.07. The lowest BCUT2D eigenvalue weighted by molar-refractivity contribution is -0.361. The van der Waals surface area contributed by atoms with Crippen molar-refractivity contribution in [2.75, 3.05) is 18.4 Å². The van der Waals surface area contributed by atoms with E-state index in [2.05, 4.69) is 15.4 Å². The zero-order valence-electron chi connectivity index (χ0n) is 15.2. The Hall–Kier alpha value is -2.96. The molecule has 1 unspecified atom stereocenters. The van der Waals surface area contributed by atoms with Gasteiger partial charge in [-0.25, -0.2) is 15.1 Å². The lowest BCUT2D eigenvalue weighted by atomic mass is 10.0. The number of anilines is 1. The van der Waals surface area contributed by atoms with Gasteiger partial charge < -0.3 is 4.90 Å². The molecule has 1 saturated heterocycles. The van der Waals surface area contributed by atoms with Crippen LogP contribution in [-0.2, 0) is 16.0 Å². The second-order valence-electron chi connectivity index (χ2n) is 7.11. The maximum atomic E-state index is 12.6. The van der Waals surface area contributed by atoms with Crippen molar-refractivity contribution in [3.8, 4) is 0 Å². The minimum absolute atomic E-state index is 0.0341. The van der Waals surface area contributed by atoms with Gasteiger partial charge in [0.2, 0.25) is 5.91 Å². The highest BCUT2D eigenvalue weighted by Gasteiger charge is 2.22. The van der Waals surface area contributed by atoms with E-state index in [1.54, 1.807) is 12.3 Å². The minimum atomic E-state index is 0.0341. The van der Waals surface area contributed by atoms with E-state index < -0.39 is 0 Å². The first-order valence-corrected chi connectivity index (χ1v) is 9.49. The van der Waals surface area contributed by atoms with E-state index in [1.807, 2.05) is 40.2 Å². The standard InChI is InChI=1S/C20H23N5O2/c26-18-6-5-16-13-15(14-21-20(16)23-18)4-7-19(27)24-10-1-3-17(8-12-24)25-11-2-9-22-25/h2,4,7,9,11,13-14,17H,1,3,5-6,8,10,12H2,(H,21,23,26)/p+1/b7-4+. The van der Waals surface area contributed by atoms with Gasteiger partial charge >= 0.3 is 5.91 Å². The Labute approximate surface area is 158 Å². The van der Waals surface area contributed by atoms with Crippen molar-refractivity contribution in [1.29, 1.82) is 0 Å². The molecule has 7 nitrogen and oxygen atoms in total. The Morgan fingerprint density at radius 2 is 2.22 bits per heavy atom. The fourth-order valence-corrected chi connectivity index (χ4v) is 3.76. The smallest absolute Gasteiger partial charge is 0.307 e. The lowest BCUT2D eigenvalue weighted by Gasteiger charge is -2.19. The maximum absolute atomic E-state index is 12.6. The molecule has 2 N–H and O–H groups in total. The van der Waals surface area contributed by atoms with Crippen LogP contribution in [0.25, 0.3) is 6.08 Å². The Kier molecular flexibility index (Phi) is 5.00. The van der Waals surface area contributed by atoms with E-state index in [-0.39, 0.29) is 11.8 Å². The van der Waals surface area contributed by atoms with Gasteiger partial charge in [-0.3, -0.25) is 9.48 Å². The number of nitrogens with zero attached hydrogens (tertiary/aromatic N) is 3. The molecule has 1 fully saturated rings. The van der Waals surface area contributed by atoms with E-state index >= 15 is 0 Å². The molecule has 0 radical (unpaired) electrons. The third-order valence-electron chi connectivity index (χ3n) is 5.26. The molecule has 0 saturated carbocycles. The van der Waals surface area contributed by atoms with Gasteiger partial charge in [-0.15, -0.1) is 0 Å². The van der Waals surface area contributed by atoms with Gasteiger partial charge in [0.05, 0.1) is 18.7 Å². The van der Waals surface area contributed by atoms with Crippen LogP contribution in [0.5, 0.6) is 0 Å². The number of hydrogen-bond acceptors (Lipinski definition) is 3. The molecule has 0 spiro atoms. The molecule has 2 aromatic rings. The van der Waals surface area contributed by atoms with Crippen LogP contribution in [0, 0.1) is 0 Å². The van der Waals surface area contributed by atoms with Crippen LogP contribution in [0.1, 0.15) is 42.9 Å². The van der Waals surface area contributed by atoms with Crippen molar-refractivity contribution in [3.05, 3.63) is 47.9 Å². The minimum Gasteiger partial charge on any atom is -0.339 e. The average molecular weight is 366 g/mol. The zero-order valence-corrected chi connectivity index (χ0v) is 15.2. The van der Waals surface area contributed by atoms with Crippen molar-refractivity contribution >= 4 is 23.7 Å². The molecule has 27 heavy (non-hydrogen) atoms. The molecule has 0 aliphatic carbocycles. The molecule has 0 bridgehead atoms. The number of rotatable bonds is 3. The summed E-state index contributed by atoms with van der Waals surface area (Å²) in [7, 11) is 0. The molecular formula is C20H24N5O2+. The fraction of sp³-hybridized carbons (Fsp3) is 0.400. The van der Waals surface area contributed by atoms with Crippen LogP contribution in [-0.4, -0.2) is 39.6 Å². The van der Waals surface area contributed by atoms with Crippen molar-refractivity contribution in [2.24, 2.45) is 0 Å². The first kappa shape index (κ1) is 17.5. The number of carbonyl (C=O) groups is 2. The van der Waals surface area contributed by atoms with Crippen molar-refractivity contribution in [2.45, 2.75) is 38.1 Å². The number of carbonyl (C=O) groups excluding carboxylic acids is 2.